The molecule has 0 saturated heterocycles. The van der Waals surface area contributed by atoms with Crippen LogP contribution in [0.4, 0.5) is 5.69 Å². The second-order valence-corrected chi connectivity index (χ2v) is 4.98. The summed E-state index contributed by atoms with van der Waals surface area (Å²) in [6, 6.07) is 15.3. The number of fused-ring (bicyclic) bond motifs is 3. The summed E-state index contributed by atoms with van der Waals surface area (Å²) in [5.41, 5.74) is 2.23. The molecule has 3 aromatic rings. The molecular weight excluding hydrogens is 282 g/mol. The van der Waals surface area contributed by atoms with Crippen LogP contribution in [0, 0.1) is 10.1 Å². The highest BCUT2D eigenvalue weighted by molar-refractivity contribution is 6.52. The number of Topliss-reactive ketones (excluding diaryl/α,β-unsaturated/α-hetero) is 1. The Morgan fingerprint density at radius 1 is 1.05 bits per heavy atom. The number of nitro benzene ring substituents is 1. The van der Waals surface area contributed by atoms with Crippen molar-refractivity contribution in [2.75, 3.05) is 0 Å². The van der Waals surface area contributed by atoms with Gasteiger partial charge < -0.3 is 0 Å². The molecule has 1 aromatic heterocycles. The molecule has 4 rings (SSSR count). The lowest BCUT2D eigenvalue weighted by atomic mass is 10.0. The van der Waals surface area contributed by atoms with Gasteiger partial charge in [0, 0.05) is 23.1 Å². The molecule has 0 N–H and O–H groups in total. The van der Waals surface area contributed by atoms with E-state index in [1.807, 2.05) is 24.3 Å². The smallest absolute Gasteiger partial charge is 0.269 e. The number of hydrogen-bond acceptors (Lipinski definition) is 4. The van der Waals surface area contributed by atoms with Crippen molar-refractivity contribution in [3.05, 3.63) is 76.0 Å². The van der Waals surface area contributed by atoms with E-state index in [-0.39, 0.29) is 11.5 Å². The van der Waals surface area contributed by atoms with Crippen LogP contribution in [0.2, 0.25) is 0 Å². The first kappa shape index (κ1) is 12.5. The van der Waals surface area contributed by atoms with Crippen LogP contribution in [-0.2, 0) is 0 Å². The molecule has 1 aliphatic rings. The first-order chi connectivity index (χ1) is 10.6. The van der Waals surface area contributed by atoms with E-state index in [4.69, 9.17) is 0 Å². The van der Waals surface area contributed by atoms with Gasteiger partial charge in [0.05, 0.1) is 10.4 Å². The number of nitrogens with zero attached hydrogens (tertiary/aromatic N) is 3. The van der Waals surface area contributed by atoms with Crippen molar-refractivity contribution in [3.8, 4) is 0 Å². The Kier molecular flexibility index (Phi) is 2.47. The van der Waals surface area contributed by atoms with E-state index in [0.29, 0.717) is 17.0 Å². The molecule has 0 unspecified atom stereocenters. The summed E-state index contributed by atoms with van der Waals surface area (Å²) < 4.78 is 1.62. The summed E-state index contributed by atoms with van der Waals surface area (Å²) in [6.45, 7) is 0. The molecule has 0 aliphatic carbocycles. The molecule has 0 spiro atoms. The maximum atomic E-state index is 12.5. The molecule has 106 valence electrons. The number of para-hydroxylation sites is 1. The quantitative estimate of drug-likeness (QED) is 0.538. The van der Waals surface area contributed by atoms with Crippen molar-refractivity contribution < 1.29 is 9.72 Å². The highest BCUT2D eigenvalue weighted by Crippen LogP contribution is 2.26. The number of carbonyl (C=O) groups excluding carboxylic acids is 1. The van der Waals surface area contributed by atoms with E-state index in [1.54, 1.807) is 22.9 Å². The zero-order valence-corrected chi connectivity index (χ0v) is 11.3. The molecule has 22 heavy (non-hydrogen) atoms. The van der Waals surface area contributed by atoms with Crippen molar-refractivity contribution >= 4 is 28.1 Å². The first-order valence-electron chi connectivity index (χ1n) is 6.64. The standard InChI is InChI=1S/C16H9N3O3/c20-16-14-9-11-3-1-2-4-13(11)18(14)17-15(16)10-5-7-12(8-6-10)19(21)22/h1-9H. The van der Waals surface area contributed by atoms with Crippen LogP contribution in [0.25, 0.3) is 10.9 Å². The van der Waals surface area contributed by atoms with Gasteiger partial charge in [-0.05, 0) is 24.3 Å². The Bertz CT molecular complexity index is 968. The summed E-state index contributed by atoms with van der Waals surface area (Å²) in [6.07, 6.45) is 0. The van der Waals surface area contributed by atoms with Crippen LogP contribution >= 0.6 is 0 Å². The molecule has 2 aromatic carbocycles. The maximum Gasteiger partial charge on any atom is 0.269 e. The van der Waals surface area contributed by atoms with Crippen LogP contribution in [0.15, 0.2) is 59.7 Å². The Morgan fingerprint density at radius 2 is 1.77 bits per heavy atom. The van der Waals surface area contributed by atoms with E-state index in [1.165, 1.54) is 12.1 Å². The molecule has 2 heterocycles. The van der Waals surface area contributed by atoms with Crippen molar-refractivity contribution in [3.63, 3.8) is 0 Å². The number of ketones is 1. The SMILES string of the molecule is O=C1C(c2ccc([N+](=O)[O-])cc2)=Nn2c1cc1ccccc12. The molecule has 0 bridgehead atoms. The summed E-state index contributed by atoms with van der Waals surface area (Å²) in [7, 11) is 0. The Balaban J connectivity index is 1.83. The number of nitro groups is 1. The monoisotopic (exact) mass is 291 g/mol. The maximum absolute atomic E-state index is 12.5. The van der Waals surface area contributed by atoms with E-state index in [2.05, 4.69) is 5.10 Å². The Hall–Kier alpha value is -3.28. The van der Waals surface area contributed by atoms with Gasteiger partial charge in [0.15, 0.2) is 0 Å². The van der Waals surface area contributed by atoms with Crippen LogP contribution in [0.1, 0.15) is 16.1 Å². The number of hydrogen-bond donors (Lipinski definition) is 0. The molecule has 0 radical (unpaired) electrons. The minimum Gasteiger partial charge on any atom is -0.285 e. The first-order valence-corrected chi connectivity index (χ1v) is 6.64. The van der Waals surface area contributed by atoms with Crippen LogP contribution in [0.3, 0.4) is 0 Å². The molecule has 0 fully saturated rings. The van der Waals surface area contributed by atoms with Gasteiger partial charge in [0.2, 0.25) is 5.78 Å². The summed E-state index contributed by atoms with van der Waals surface area (Å²) >= 11 is 0. The third kappa shape index (κ3) is 1.67. The summed E-state index contributed by atoms with van der Waals surface area (Å²) in [5, 5.41) is 16.0. The number of carbonyl (C=O) groups is 1. The second kappa shape index (κ2) is 4.36. The number of benzene rings is 2. The zero-order chi connectivity index (χ0) is 15.3. The molecule has 0 saturated carbocycles. The molecule has 6 heteroatoms. The van der Waals surface area contributed by atoms with Gasteiger partial charge in [-0.15, -0.1) is 0 Å². The topological polar surface area (TPSA) is 77.5 Å². The van der Waals surface area contributed by atoms with E-state index >= 15 is 0 Å². The molecule has 0 atom stereocenters. The molecular formula is C16H9N3O3. The Labute approximate surface area is 124 Å². The predicted octanol–water partition coefficient (Wildman–Crippen LogP) is 3.00. The van der Waals surface area contributed by atoms with Gasteiger partial charge in [-0.2, -0.15) is 5.10 Å². The lowest BCUT2D eigenvalue weighted by Gasteiger charge is -1.98. The average molecular weight is 291 g/mol. The van der Waals surface area contributed by atoms with Gasteiger partial charge in [-0.25, -0.2) is 4.68 Å². The highest BCUT2D eigenvalue weighted by atomic mass is 16.6. The van der Waals surface area contributed by atoms with Crippen molar-refractivity contribution in [1.82, 2.24) is 4.68 Å². The molecule has 1 aliphatic heterocycles. The predicted molar refractivity (Wildman–Crippen MR) is 81.3 cm³/mol. The minimum absolute atomic E-state index is 0.0140. The van der Waals surface area contributed by atoms with Crippen LogP contribution < -0.4 is 0 Å². The average Bonchev–Trinajstić information content (AvgIpc) is 3.05. The number of non-ortho nitro benzene ring substituents is 1. The van der Waals surface area contributed by atoms with Crippen molar-refractivity contribution in [2.45, 2.75) is 0 Å². The fraction of sp³-hybridized carbons (Fsp3) is 0. The van der Waals surface area contributed by atoms with E-state index < -0.39 is 4.92 Å². The zero-order valence-electron chi connectivity index (χ0n) is 11.3. The summed E-state index contributed by atoms with van der Waals surface area (Å²) in [5.74, 6) is -0.176. The van der Waals surface area contributed by atoms with Gasteiger partial charge in [0.25, 0.3) is 5.69 Å². The van der Waals surface area contributed by atoms with Gasteiger partial charge in [-0.3, -0.25) is 14.9 Å². The normalized spacial score (nSPS) is 13.3. The molecule has 0 amide bonds. The summed E-state index contributed by atoms with van der Waals surface area (Å²) in [4.78, 5) is 22.7. The van der Waals surface area contributed by atoms with Crippen LogP contribution in [0.5, 0.6) is 0 Å². The highest BCUT2D eigenvalue weighted by Gasteiger charge is 2.28. The number of aromatic nitrogens is 1. The third-order valence-electron chi connectivity index (χ3n) is 3.68. The lowest BCUT2D eigenvalue weighted by molar-refractivity contribution is -0.384. The Morgan fingerprint density at radius 3 is 2.50 bits per heavy atom. The minimum atomic E-state index is -0.473. The van der Waals surface area contributed by atoms with Crippen molar-refractivity contribution in [2.24, 2.45) is 5.10 Å². The number of rotatable bonds is 2. The van der Waals surface area contributed by atoms with Gasteiger partial charge >= 0.3 is 0 Å². The van der Waals surface area contributed by atoms with Crippen molar-refractivity contribution in [1.29, 1.82) is 0 Å². The lowest BCUT2D eigenvalue weighted by Crippen LogP contribution is -2.10. The fourth-order valence-corrected chi connectivity index (χ4v) is 2.61. The van der Waals surface area contributed by atoms with E-state index in [9.17, 15) is 14.9 Å². The largest absolute Gasteiger partial charge is 0.285 e. The second-order valence-electron chi connectivity index (χ2n) is 4.98. The van der Waals surface area contributed by atoms with Gasteiger partial charge in [-0.1, -0.05) is 18.2 Å². The molecule has 6 nitrogen and oxygen atoms in total. The van der Waals surface area contributed by atoms with E-state index in [0.717, 1.165) is 10.9 Å². The van der Waals surface area contributed by atoms with Crippen LogP contribution in [-0.4, -0.2) is 21.1 Å². The fourth-order valence-electron chi connectivity index (χ4n) is 2.61. The third-order valence-corrected chi connectivity index (χ3v) is 3.68. The van der Waals surface area contributed by atoms with Gasteiger partial charge in [0.1, 0.15) is 11.4 Å².